The molecule has 1 aromatic carbocycles. The van der Waals surface area contributed by atoms with E-state index < -0.39 is 11.7 Å². The van der Waals surface area contributed by atoms with E-state index in [-0.39, 0.29) is 0 Å². The molecule has 0 spiro atoms. The smallest absolute Gasteiger partial charge is 0.325 e. The molecule has 2 rings (SSSR count). The fourth-order valence-corrected chi connectivity index (χ4v) is 1.62. The first kappa shape index (κ1) is 12.6. The fraction of sp³-hybridized carbons (Fsp3) is 0.154. The number of pyridine rings is 1. The van der Waals surface area contributed by atoms with Crippen LogP contribution in [0.15, 0.2) is 42.6 Å². The molecule has 0 saturated carbocycles. The summed E-state index contributed by atoms with van der Waals surface area (Å²) in [7, 11) is 0. The third-order valence-electron chi connectivity index (χ3n) is 2.57. The van der Waals surface area contributed by atoms with Gasteiger partial charge in [0.1, 0.15) is 0 Å². The van der Waals surface area contributed by atoms with E-state index in [4.69, 9.17) is 5.73 Å². The molecule has 18 heavy (non-hydrogen) atoms. The summed E-state index contributed by atoms with van der Waals surface area (Å²) in [5.41, 5.74) is 7.03. The zero-order valence-electron chi connectivity index (χ0n) is 9.41. The number of aromatic nitrogens is 1. The monoisotopic (exact) mass is 252 g/mol. The molecule has 0 aliphatic heterocycles. The van der Waals surface area contributed by atoms with E-state index in [9.17, 15) is 13.2 Å². The van der Waals surface area contributed by atoms with Crippen molar-refractivity contribution in [2.75, 3.05) is 0 Å². The zero-order valence-corrected chi connectivity index (χ0v) is 9.41. The van der Waals surface area contributed by atoms with Gasteiger partial charge in [0.2, 0.25) is 0 Å². The van der Waals surface area contributed by atoms with Crippen molar-refractivity contribution in [2.24, 2.45) is 5.73 Å². The van der Waals surface area contributed by atoms with E-state index in [0.29, 0.717) is 17.8 Å². The second kappa shape index (κ2) is 4.78. The molecule has 0 atom stereocenters. The summed E-state index contributed by atoms with van der Waals surface area (Å²) in [6.07, 6.45) is -2.71. The molecule has 5 heteroatoms. The van der Waals surface area contributed by atoms with Crippen LogP contribution >= 0.6 is 0 Å². The Hall–Kier alpha value is -1.88. The van der Waals surface area contributed by atoms with Crippen LogP contribution in [0.25, 0.3) is 11.1 Å². The molecule has 1 aromatic heterocycles. The number of nitrogens with zero attached hydrogens (tertiary/aromatic N) is 1. The summed E-state index contributed by atoms with van der Waals surface area (Å²) in [5, 5.41) is 0. The van der Waals surface area contributed by atoms with E-state index >= 15 is 0 Å². The molecular weight excluding hydrogens is 241 g/mol. The average Bonchev–Trinajstić information content (AvgIpc) is 2.38. The van der Waals surface area contributed by atoms with Crippen LogP contribution in [0.4, 0.5) is 13.2 Å². The van der Waals surface area contributed by atoms with Crippen LogP contribution in [-0.2, 0) is 12.7 Å². The van der Waals surface area contributed by atoms with Gasteiger partial charge >= 0.3 is 6.18 Å². The molecule has 0 fully saturated rings. The minimum Gasteiger partial charge on any atom is -0.325 e. The van der Waals surface area contributed by atoms with Crippen molar-refractivity contribution in [1.82, 2.24) is 4.98 Å². The predicted molar refractivity (Wildman–Crippen MR) is 62.6 cm³/mol. The Morgan fingerprint density at radius 3 is 2.22 bits per heavy atom. The lowest BCUT2D eigenvalue weighted by Gasteiger charge is -2.08. The average molecular weight is 252 g/mol. The molecule has 2 N–H and O–H groups in total. The highest BCUT2D eigenvalue weighted by Crippen LogP contribution is 2.30. The van der Waals surface area contributed by atoms with Gasteiger partial charge in [0, 0.05) is 12.7 Å². The first-order valence-electron chi connectivity index (χ1n) is 5.33. The Bertz CT molecular complexity index is 533. The molecule has 0 radical (unpaired) electrons. The van der Waals surface area contributed by atoms with Gasteiger partial charge in [0.15, 0.2) is 0 Å². The van der Waals surface area contributed by atoms with Crippen molar-refractivity contribution in [3.05, 3.63) is 53.9 Å². The SMILES string of the molecule is NCc1cc(-c2ccc(C(F)(F)F)cc2)ccn1. The van der Waals surface area contributed by atoms with Crippen molar-refractivity contribution in [2.45, 2.75) is 12.7 Å². The van der Waals surface area contributed by atoms with Crippen LogP contribution < -0.4 is 5.73 Å². The van der Waals surface area contributed by atoms with Crippen LogP contribution in [0.1, 0.15) is 11.3 Å². The number of hydrogen-bond acceptors (Lipinski definition) is 2. The van der Waals surface area contributed by atoms with Gasteiger partial charge in [0.05, 0.1) is 11.3 Å². The lowest BCUT2D eigenvalue weighted by atomic mass is 10.0. The van der Waals surface area contributed by atoms with Gasteiger partial charge in [-0.25, -0.2) is 0 Å². The maximum Gasteiger partial charge on any atom is 0.416 e. The Kier molecular flexibility index (Phi) is 3.34. The predicted octanol–water partition coefficient (Wildman–Crippen LogP) is 3.23. The maximum atomic E-state index is 12.4. The third kappa shape index (κ3) is 2.68. The van der Waals surface area contributed by atoms with Gasteiger partial charge in [-0.2, -0.15) is 13.2 Å². The molecule has 0 amide bonds. The summed E-state index contributed by atoms with van der Waals surface area (Å²) in [6, 6.07) is 8.52. The van der Waals surface area contributed by atoms with E-state index in [0.717, 1.165) is 17.7 Å². The van der Waals surface area contributed by atoms with Crippen molar-refractivity contribution in [3.63, 3.8) is 0 Å². The van der Waals surface area contributed by atoms with Crippen LogP contribution in [0.3, 0.4) is 0 Å². The van der Waals surface area contributed by atoms with Crippen LogP contribution in [0.5, 0.6) is 0 Å². The van der Waals surface area contributed by atoms with E-state index in [1.54, 1.807) is 18.3 Å². The number of benzene rings is 1. The van der Waals surface area contributed by atoms with Gasteiger partial charge in [-0.1, -0.05) is 12.1 Å². The van der Waals surface area contributed by atoms with Crippen LogP contribution in [-0.4, -0.2) is 4.98 Å². The molecule has 0 aliphatic rings. The Labute approximate surface area is 102 Å². The second-order valence-electron chi connectivity index (χ2n) is 3.82. The van der Waals surface area contributed by atoms with Crippen LogP contribution in [0.2, 0.25) is 0 Å². The maximum absolute atomic E-state index is 12.4. The Morgan fingerprint density at radius 2 is 1.67 bits per heavy atom. The minimum atomic E-state index is -4.31. The van der Waals surface area contributed by atoms with E-state index in [1.165, 1.54) is 12.1 Å². The minimum absolute atomic E-state index is 0.300. The quantitative estimate of drug-likeness (QED) is 0.891. The van der Waals surface area contributed by atoms with Crippen molar-refractivity contribution in [3.8, 4) is 11.1 Å². The van der Waals surface area contributed by atoms with Crippen LogP contribution in [0, 0.1) is 0 Å². The molecule has 0 aliphatic carbocycles. The highest BCUT2D eigenvalue weighted by molar-refractivity contribution is 5.63. The largest absolute Gasteiger partial charge is 0.416 e. The number of hydrogen-bond donors (Lipinski definition) is 1. The van der Waals surface area contributed by atoms with E-state index in [1.807, 2.05) is 0 Å². The molecule has 1 heterocycles. The topological polar surface area (TPSA) is 38.9 Å². The molecule has 0 bridgehead atoms. The highest BCUT2D eigenvalue weighted by Gasteiger charge is 2.29. The van der Waals surface area contributed by atoms with Crippen molar-refractivity contribution >= 4 is 0 Å². The lowest BCUT2D eigenvalue weighted by Crippen LogP contribution is -2.04. The van der Waals surface area contributed by atoms with Gasteiger partial charge in [-0.3, -0.25) is 4.98 Å². The van der Waals surface area contributed by atoms with Gasteiger partial charge < -0.3 is 5.73 Å². The van der Waals surface area contributed by atoms with Gasteiger partial charge in [-0.05, 0) is 35.4 Å². The third-order valence-corrected chi connectivity index (χ3v) is 2.57. The molecule has 0 unspecified atom stereocenters. The van der Waals surface area contributed by atoms with Gasteiger partial charge in [-0.15, -0.1) is 0 Å². The first-order valence-corrected chi connectivity index (χ1v) is 5.33. The molecule has 94 valence electrons. The lowest BCUT2D eigenvalue weighted by molar-refractivity contribution is -0.137. The van der Waals surface area contributed by atoms with Crippen molar-refractivity contribution < 1.29 is 13.2 Å². The number of rotatable bonds is 2. The number of nitrogens with two attached hydrogens (primary N) is 1. The van der Waals surface area contributed by atoms with E-state index in [2.05, 4.69) is 4.98 Å². The normalized spacial score (nSPS) is 11.6. The molecule has 2 nitrogen and oxygen atoms in total. The zero-order chi connectivity index (χ0) is 13.2. The van der Waals surface area contributed by atoms with Crippen molar-refractivity contribution in [1.29, 1.82) is 0 Å². The standard InChI is InChI=1S/C13H11F3N2/c14-13(15,16)11-3-1-9(2-4-11)10-5-6-18-12(7-10)8-17/h1-7H,8,17H2. The number of alkyl halides is 3. The first-order chi connectivity index (χ1) is 8.50. The summed E-state index contributed by atoms with van der Waals surface area (Å²) < 4.78 is 37.2. The fourth-order valence-electron chi connectivity index (χ4n) is 1.62. The molecular formula is C13H11F3N2. The Morgan fingerprint density at radius 1 is 1.00 bits per heavy atom. The highest BCUT2D eigenvalue weighted by atomic mass is 19.4. The Balaban J connectivity index is 2.34. The molecule has 2 aromatic rings. The summed E-state index contributed by atoms with van der Waals surface area (Å²) in [6.45, 7) is 0.300. The summed E-state index contributed by atoms with van der Waals surface area (Å²) in [5.74, 6) is 0. The summed E-state index contributed by atoms with van der Waals surface area (Å²) in [4.78, 5) is 4.04. The van der Waals surface area contributed by atoms with Gasteiger partial charge in [0.25, 0.3) is 0 Å². The summed E-state index contributed by atoms with van der Waals surface area (Å²) >= 11 is 0. The number of halogens is 3. The second-order valence-corrected chi connectivity index (χ2v) is 3.82. The molecule has 0 saturated heterocycles.